The lowest BCUT2D eigenvalue weighted by Gasteiger charge is -2.08. The molecule has 29 heavy (non-hydrogen) atoms. The van der Waals surface area contributed by atoms with E-state index in [1.807, 2.05) is 46.0 Å². The molecular formula is C27H25NS. The molecule has 0 aliphatic carbocycles. The van der Waals surface area contributed by atoms with Crippen LogP contribution < -0.4 is 0 Å². The molecule has 3 aromatic carbocycles. The molecule has 5 aromatic rings. The first-order valence-corrected chi connectivity index (χ1v) is 10.8. The van der Waals surface area contributed by atoms with E-state index in [9.17, 15) is 0 Å². The fourth-order valence-electron chi connectivity index (χ4n) is 3.99. The summed E-state index contributed by atoms with van der Waals surface area (Å²) in [5, 5.41) is 4.90. The van der Waals surface area contributed by atoms with E-state index in [0.29, 0.717) is 0 Å². The van der Waals surface area contributed by atoms with Gasteiger partial charge < -0.3 is 0 Å². The van der Waals surface area contributed by atoms with Gasteiger partial charge in [-0.1, -0.05) is 76.2 Å². The van der Waals surface area contributed by atoms with Gasteiger partial charge in [0.2, 0.25) is 0 Å². The third kappa shape index (κ3) is 3.03. The zero-order chi connectivity index (χ0) is 22.0. The van der Waals surface area contributed by atoms with E-state index in [2.05, 4.69) is 53.5 Å². The van der Waals surface area contributed by atoms with Crippen LogP contribution in [-0.4, -0.2) is 4.98 Å². The summed E-state index contributed by atoms with van der Waals surface area (Å²) < 4.78 is 19.3. The summed E-state index contributed by atoms with van der Waals surface area (Å²) in [5.74, 6) is -1.27. The molecule has 2 heterocycles. The molecule has 0 unspecified atom stereocenters. The zero-order valence-corrected chi connectivity index (χ0v) is 18.0. The maximum atomic E-state index is 8.40. The van der Waals surface area contributed by atoms with E-state index in [1.54, 1.807) is 11.3 Å². The van der Waals surface area contributed by atoms with Crippen LogP contribution in [0, 0.1) is 0 Å². The summed E-state index contributed by atoms with van der Waals surface area (Å²) in [6.45, 7) is 7.67. The van der Waals surface area contributed by atoms with Crippen molar-refractivity contribution in [2.75, 3.05) is 0 Å². The van der Waals surface area contributed by atoms with Crippen LogP contribution in [0.25, 0.3) is 42.2 Å². The van der Waals surface area contributed by atoms with Crippen molar-refractivity contribution in [2.24, 2.45) is 0 Å². The normalized spacial score (nSPS) is 13.8. The smallest absolute Gasteiger partial charge is 0.0719 e. The molecule has 0 bridgehead atoms. The predicted octanol–water partition coefficient (Wildman–Crippen LogP) is 8.52. The summed E-state index contributed by atoms with van der Waals surface area (Å²) in [5.41, 5.74) is 4.02. The number of nitrogens with zero attached hydrogens (tertiary/aromatic N) is 1. The summed E-state index contributed by atoms with van der Waals surface area (Å²) >= 11 is 1.81. The Bertz CT molecular complexity index is 1450. The van der Waals surface area contributed by atoms with Gasteiger partial charge in [-0.2, -0.15) is 0 Å². The number of pyridine rings is 1. The first-order chi connectivity index (χ1) is 14.6. The quantitative estimate of drug-likeness (QED) is 0.297. The molecule has 0 fully saturated rings. The molecular weight excluding hydrogens is 370 g/mol. The Kier molecular flexibility index (Phi) is 3.87. The van der Waals surface area contributed by atoms with Crippen LogP contribution >= 0.6 is 11.3 Å². The summed E-state index contributed by atoms with van der Waals surface area (Å²) in [4.78, 5) is 4.65. The molecule has 0 spiro atoms. The fourth-order valence-corrected chi connectivity index (χ4v) is 5.34. The van der Waals surface area contributed by atoms with Crippen LogP contribution in [0.1, 0.15) is 53.4 Å². The van der Waals surface area contributed by atoms with Crippen molar-refractivity contribution < 1.29 is 2.74 Å². The van der Waals surface area contributed by atoms with Crippen molar-refractivity contribution in [3.8, 4) is 11.3 Å². The average molecular weight is 398 g/mol. The lowest BCUT2D eigenvalue weighted by Crippen LogP contribution is -1.90. The molecule has 2 heteroatoms. The highest BCUT2D eigenvalue weighted by molar-refractivity contribution is 7.27. The lowest BCUT2D eigenvalue weighted by molar-refractivity contribution is 0.864. The van der Waals surface area contributed by atoms with Gasteiger partial charge in [0.25, 0.3) is 0 Å². The average Bonchev–Trinajstić information content (AvgIpc) is 3.11. The van der Waals surface area contributed by atoms with Crippen molar-refractivity contribution >= 4 is 42.3 Å². The summed E-state index contributed by atoms with van der Waals surface area (Å²) in [6, 6.07) is 21.2. The van der Waals surface area contributed by atoms with E-state index >= 15 is 0 Å². The highest BCUT2D eigenvalue weighted by atomic mass is 32.1. The first kappa shape index (κ1) is 16.1. The van der Waals surface area contributed by atoms with E-state index in [4.69, 9.17) is 2.74 Å². The second kappa shape index (κ2) is 6.96. The molecule has 0 aliphatic heterocycles. The van der Waals surface area contributed by atoms with Crippen LogP contribution in [0.2, 0.25) is 0 Å². The Labute approximate surface area is 178 Å². The summed E-state index contributed by atoms with van der Waals surface area (Å²) in [7, 11) is 0. The maximum Gasteiger partial charge on any atom is 0.0719 e. The van der Waals surface area contributed by atoms with Gasteiger partial charge in [-0.15, -0.1) is 11.3 Å². The number of thiophene rings is 1. The molecule has 0 atom stereocenters. The molecule has 0 aliphatic rings. The van der Waals surface area contributed by atoms with Crippen molar-refractivity contribution in [3.05, 3.63) is 78.0 Å². The molecule has 0 N–H and O–H groups in total. The van der Waals surface area contributed by atoms with Crippen LogP contribution in [0.3, 0.4) is 0 Å². The number of rotatable bonds is 3. The number of fused-ring (bicyclic) bond motifs is 5. The Morgan fingerprint density at radius 3 is 2.28 bits per heavy atom. The second-order valence-corrected chi connectivity index (χ2v) is 9.11. The van der Waals surface area contributed by atoms with E-state index in [0.717, 1.165) is 22.4 Å². The molecule has 2 aromatic heterocycles. The van der Waals surface area contributed by atoms with Crippen molar-refractivity contribution in [1.82, 2.24) is 4.98 Å². The van der Waals surface area contributed by atoms with Gasteiger partial charge in [0.15, 0.2) is 0 Å². The monoisotopic (exact) mass is 397 g/mol. The molecule has 0 radical (unpaired) electrons. The minimum absolute atomic E-state index is 0.612. The van der Waals surface area contributed by atoms with E-state index < -0.39 is 11.8 Å². The fraction of sp³-hybridized carbons (Fsp3) is 0.222. The van der Waals surface area contributed by atoms with Gasteiger partial charge in [-0.05, 0) is 45.8 Å². The molecule has 0 saturated heterocycles. The number of hydrogen-bond acceptors (Lipinski definition) is 2. The first-order valence-electron chi connectivity index (χ1n) is 11.0. The van der Waals surface area contributed by atoms with Crippen molar-refractivity contribution in [3.63, 3.8) is 0 Å². The minimum Gasteiger partial charge on any atom is -0.256 e. The topological polar surface area (TPSA) is 12.9 Å². The zero-order valence-electron chi connectivity index (χ0n) is 19.2. The SMILES string of the molecule is [2H]C(C)(C)c1ccnc(-c2cccc3c2sc2c4ccc(C([2H])(C)C)cc4ccc32)c1. The Morgan fingerprint density at radius 1 is 0.759 bits per heavy atom. The molecule has 0 amide bonds. The molecule has 0 saturated carbocycles. The number of benzene rings is 3. The van der Waals surface area contributed by atoms with Crippen molar-refractivity contribution in [1.29, 1.82) is 0 Å². The Balaban J connectivity index is 1.77. The van der Waals surface area contributed by atoms with Crippen LogP contribution in [-0.2, 0) is 0 Å². The van der Waals surface area contributed by atoms with Gasteiger partial charge in [0.05, 0.1) is 5.69 Å². The van der Waals surface area contributed by atoms with Gasteiger partial charge in [0, 0.05) is 34.7 Å². The minimum atomic E-state index is -0.661. The van der Waals surface area contributed by atoms with Gasteiger partial charge >= 0.3 is 0 Å². The third-order valence-electron chi connectivity index (χ3n) is 5.67. The van der Waals surface area contributed by atoms with Gasteiger partial charge in [-0.25, -0.2) is 0 Å². The third-order valence-corrected chi connectivity index (χ3v) is 6.96. The van der Waals surface area contributed by atoms with Crippen LogP contribution in [0.15, 0.2) is 66.9 Å². The standard InChI is InChI=1S/C27H25NS/c1-16(2)18-8-10-21-20(14-18)9-11-23-22-6-5-7-24(27(22)29-26(21)23)25-15-19(17(3)4)12-13-28-25/h5-17H,1-4H3/i16D,17D. The second-order valence-electron chi connectivity index (χ2n) is 8.09. The van der Waals surface area contributed by atoms with Gasteiger partial charge in [-0.3, -0.25) is 4.98 Å². The number of aromatic nitrogens is 1. The largest absolute Gasteiger partial charge is 0.256 e. The highest BCUT2D eigenvalue weighted by Gasteiger charge is 2.14. The molecule has 1 nitrogen and oxygen atoms in total. The highest BCUT2D eigenvalue weighted by Crippen LogP contribution is 2.42. The van der Waals surface area contributed by atoms with Gasteiger partial charge in [0.1, 0.15) is 0 Å². The lowest BCUT2D eigenvalue weighted by atomic mass is 9.97. The van der Waals surface area contributed by atoms with E-state index in [1.165, 1.54) is 30.9 Å². The Hall–Kier alpha value is -2.71. The van der Waals surface area contributed by atoms with Crippen LogP contribution in [0.5, 0.6) is 0 Å². The van der Waals surface area contributed by atoms with E-state index in [-0.39, 0.29) is 0 Å². The number of hydrogen-bond donors (Lipinski definition) is 0. The van der Waals surface area contributed by atoms with Crippen molar-refractivity contribution in [2.45, 2.75) is 39.5 Å². The Morgan fingerprint density at radius 2 is 1.48 bits per heavy atom. The summed E-state index contributed by atoms with van der Waals surface area (Å²) in [6.07, 6.45) is 1.81. The molecule has 5 rings (SSSR count). The predicted molar refractivity (Wildman–Crippen MR) is 128 cm³/mol. The van der Waals surface area contributed by atoms with Crippen LogP contribution in [0.4, 0.5) is 0 Å². The molecule has 144 valence electrons. The maximum absolute atomic E-state index is 8.40.